The molecule has 1 aliphatic rings. The second kappa shape index (κ2) is 7.91. The zero-order valence-corrected chi connectivity index (χ0v) is 16.1. The van der Waals surface area contributed by atoms with E-state index in [9.17, 15) is 13.2 Å². The molecule has 1 atom stereocenters. The molecule has 3 rings (SSSR count). The number of ether oxygens (including phenoxy) is 1. The standard InChI is InChI=1S/C18H22N4O4S/c1-3-22(15-7-8-27(24,25)12-15)17(23)13-10-19-18(20-11-13)21-14-5-4-6-16(9-14)26-2/h4-6,9-11,15H,3,7-8,12H2,1-2H3,(H,19,20,21). The Morgan fingerprint density at radius 1 is 1.33 bits per heavy atom. The van der Waals surface area contributed by atoms with Crippen molar-refractivity contribution in [3.05, 3.63) is 42.2 Å². The minimum absolute atomic E-state index is 0.0168. The first-order valence-corrected chi connectivity index (χ1v) is 10.5. The summed E-state index contributed by atoms with van der Waals surface area (Å²) in [5, 5.41) is 3.05. The summed E-state index contributed by atoms with van der Waals surface area (Å²) in [5.74, 6) is 0.945. The quantitative estimate of drug-likeness (QED) is 0.803. The molecule has 1 amide bonds. The van der Waals surface area contributed by atoms with Crippen LogP contribution in [-0.4, -0.2) is 60.4 Å². The number of hydrogen-bond donors (Lipinski definition) is 1. The highest BCUT2D eigenvalue weighted by Gasteiger charge is 2.34. The number of sulfone groups is 1. The van der Waals surface area contributed by atoms with Crippen LogP contribution in [0, 0.1) is 0 Å². The fourth-order valence-electron chi connectivity index (χ4n) is 3.09. The molecular formula is C18H22N4O4S. The minimum atomic E-state index is -3.06. The SMILES string of the molecule is CCN(C(=O)c1cnc(Nc2cccc(OC)c2)nc1)C1CCS(=O)(=O)C1. The predicted molar refractivity (Wildman–Crippen MR) is 102 cm³/mol. The van der Waals surface area contributed by atoms with E-state index in [1.165, 1.54) is 12.4 Å². The molecule has 1 unspecified atom stereocenters. The number of hydrogen-bond acceptors (Lipinski definition) is 7. The van der Waals surface area contributed by atoms with Gasteiger partial charge in [0.2, 0.25) is 5.95 Å². The summed E-state index contributed by atoms with van der Waals surface area (Å²) in [7, 11) is -1.47. The van der Waals surface area contributed by atoms with Crippen LogP contribution in [0.1, 0.15) is 23.7 Å². The second-order valence-electron chi connectivity index (χ2n) is 6.30. The Hall–Kier alpha value is -2.68. The summed E-state index contributed by atoms with van der Waals surface area (Å²) in [6, 6.07) is 7.04. The van der Waals surface area contributed by atoms with Gasteiger partial charge in [-0.05, 0) is 25.5 Å². The largest absolute Gasteiger partial charge is 0.497 e. The smallest absolute Gasteiger partial charge is 0.257 e. The third-order valence-electron chi connectivity index (χ3n) is 4.48. The summed E-state index contributed by atoms with van der Waals surface area (Å²) in [6.07, 6.45) is 3.37. The number of rotatable bonds is 6. The topological polar surface area (TPSA) is 101 Å². The molecule has 9 heteroatoms. The van der Waals surface area contributed by atoms with Crippen molar-refractivity contribution in [3.8, 4) is 5.75 Å². The molecule has 1 aliphatic heterocycles. The van der Waals surface area contributed by atoms with Crippen molar-refractivity contribution in [2.24, 2.45) is 0 Å². The van der Waals surface area contributed by atoms with Crippen molar-refractivity contribution in [1.29, 1.82) is 0 Å². The lowest BCUT2D eigenvalue weighted by Crippen LogP contribution is -2.41. The summed E-state index contributed by atoms with van der Waals surface area (Å²) < 4.78 is 28.6. The Balaban J connectivity index is 1.71. The molecule has 1 N–H and O–H groups in total. The Morgan fingerprint density at radius 2 is 2.07 bits per heavy atom. The van der Waals surface area contributed by atoms with Crippen LogP contribution in [0.15, 0.2) is 36.7 Å². The maximum absolute atomic E-state index is 12.7. The van der Waals surface area contributed by atoms with Crippen molar-refractivity contribution >= 4 is 27.4 Å². The van der Waals surface area contributed by atoms with Gasteiger partial charge in [-0.15, -0.1) is 0 Å². The number of aromatic nitrogens is 2. The molecular weight excluding hydrogens is 368 g/mol. The maximum atomic E-state index is 12.7. The first-order chi connectivity index (χ1) is 12.9. The van der Waals surface area contributed by atoms with E-state index in [4.69, 9.17) is 4.74 Å². The van der Waals surface area contributed by atoms with Crippen LogP contribution in [0.4, 0.5) is 11.6 Å². The molecule has 144 valence electrons. The molecule has 0 aliphatic carbocycles. The van der Waals surface area contributed by atoms with E-state index in [-0.39, 0.29) is 23.5 Å². The van der Waals surface area contributed by atoms with E-state index >= 15 is 0 Å². The zero-order valence-electron chi connectivity index (χ0n) is 15.3. The van der Waals surface area contributed by atoms with E-state index in [1.54, 1.807) is 12.0 Å². The highest BCUT2D eigenvalue weighted by Crippen LogP contribution is 2.21. The molecule has 1 fully saturated rings. The number of benzene rings is 1. The van der Waals surface area contributed by atoms with Crippen molar-refractivity contribution in [3.63, 3.8) is 0 Å². The number of carbonyl (C=O) groups is 1. The predicted octanol–water partition coefficient (Wildman–Crippen LogP) is 1.88. The first-order valence-electron chi connectivity index (χ1n) is 8.66. The van der Waals surface area contributed by atoms with Gasteiger partial charge in [0.05, 0.1) is 24.2 Å². The lowest BCUT2D eigenvalue weighted by atomic mass is 10.2. The van der Waals surface area contributed by atoms with Crippen LogP contribution in [0.2, 0.25) is 0 Å². The minimum Gasteiger partial charge on any atom is -0.497 e. The fraction of sp³-hybridized carbons (Fsp3) is 0.389. The molecule has 27 heavy (non-hydrogen) atoms. The Kier molecular flexibility index (Phi) is 5.59. The Morgan fingerprint density at radius 3 is 2.67 bits per heavy atom. The third-order valence-corrected chi connectivity index (χ3v) is 6.23. The van der Waals surface area contributed by atoms with E-state index in [0.29, 0.717) is 30.2 Å². The van der Waals surface area contributed by atoms with E-state index in [1.807, 2.05) is 31.2 Å². The molecule has 0 radical (unpaired) electrons. The summed E-state index contributed by atoms with van der Waals surface area (Å²) >= 11 is 0. The Bertz CT molecular complexity index is 915. The average Bonchev–Trinajstić information content (AvgIpc) is 3.02. The Labute approximate surface area is 158 Å². The highest BCUT2D eigenvalue weighted by atomic mass is 32.2. The molecule has 2 aromatic rings. The zero-order chi connectivity index (χ0) is 19.4. The lowest BCUT2D eigenvalue weighted by molar-refractivity contribution is 0.0707. The van der Waals surface area contributed by atoms with E-state index in [2.05, 4.69) is 15.3 Å². The normalized spacial score (nSPS) is 18.1. The van der Waals surface area contributed by atoms with Crippen molar-refractivity contribution in [2.45, 2.75) is 19.4 Å². The van der Waals surface area contributed by atoms with Gasteiger partial charge in [-0.1, -0.05) is 6.07 Å². The number of anilines is 2. The van der Waals surface area contributed by atoms with Gasteiger partial charge >= 0.3 is 0 Å². The van der Waals surface area contributed by atoms with Gasteiger partial charge in [0.15, 0.2) is 9.84 Å². The molecule has 8 nitrogen and oxygen atoms in total. The number of carbonyl (C=O) groups excluding carboxylic acids is 1. The van der Waals surface area contributed by atoms with E-state index in [0.717, 1.165) is 5.69 Å². The maximum Gasteiger partial charge on any atom is 0.257 e. The van der Waals surface area contributed by atoms with E-state index < -0.39 is 9.84 Å². The number of methoxy groups -OCH3 is 1. The monoisotopic (exact) mass is 390 g/mol. The second-order valence-corrected chi connectivity index (χ2v) is 8.53. The van der Waals surface area contributed by atoms with Gasteiger partial charge in [0.1, 0.15) is 5.75 Å². The van der Waals surface area contributed by atoms with Crippen molar-refractivity contribution < 1.29 is 17.9 Å². The summed E-state index contributed by atoms with van der Waals surface area (Å²) in [6.45, 7) is 2.27. The number of nitrogens with zero attached hydrogens (tertiary/aromatic N) is 3. The molecule has 1 aromatic carbocycles. The lowest BCUT2D eigenvalue weighted by Gasteiger charge is -2.26. The van der Waals surface area contributed by atoms with Crippen LogP contribution in [-0.2, 0) is 9.84 Å². The van der Waals surface area contributed by atoms with Gasteiger partial charge in [-0.25, -0.2) is 18.4 Å². The summed E-state index contributed by atoms with van der Waals surface area (Å²) in [5.41, 5.74) is 1.09. The molecule has 1 aromatic heterocycles. The van der Waals surface area contributed by atoms with Gasteiger partial charge in [0, 0.05) is 36.7 Å². The van der Waals surface area contributed by atoms with Gasteiger partial charge in [-0.3, -0.25) is 4.79 Å². The highest BCUT2D eigenvalue weighted by molar-refractivity contribution is 7.91. The van der Waals surface area contributed by atoms with Crippen LogP contribution in [0.25, 0.3) is 0 Å². The molecule has 0 saturated carbocycles. The molecule has 2 heterocycles. The van der Waals surface area contributed by atoms with Crippen molar-refractivity contribution in [1.82, 2.24) is 14.9 Å². The average molecular weight is 390 g/mol. The van der Waals surface area contributed by atoms with Crippen molar-refractivity contribution in [2.75, 3.05) is 30.5 Å². The molecule has 0 spiro atoms. The van der Waals surface area contributed by atoms with Crippen LogP contribution >= 0.6 is 0 Å². The van der Waals surface area contributed by atoms with Crippen LogP contribution in [0.5, 0.6) is 5.75 Å². The number of amides is 1. The van der Waals surface area contributed by atoms with Gasteiger partial charge in [0.25, 0.3) is 5.91 Å². The first kappa shape index (κ1) is 19.1. The van der Waals surface area contributed by atoms with Gasteiger partial charge in [-0.2, -0.15) is 0 Å². The van der Waals surface area contributed by atoms with Crippen LogP contribution < -0.4 is 10.1 Å². The molecule has 1 saturated heterocycles. The number of nitrogens with one attached hydrogen (secondary N) is 1. The van der Waals surface area contributed by atoms with Crippen LogP contribution in [0.3, 0.4) is 0 Å². The fourth-order valence-corrected chi connectivity index (χ4v) is 4.82. The van der Waals surface area contributed by atoms with Gasteiger partial charge < -0.3 is 15.0 Å². The molecule has 0 bridgehead atoms. The third kappa shape index (κ3) is 4.54. The summed E-state index contributed by atoms with van der Waals surface area (Å²) in [4.78, 5) is 22.7.